The molecule has 2 aliphatic rings. The van der Waals surface area contributed by atoms with Gasteiger partial charge in [-0.2, -0.15) is 0 Å². The second-order valence-corrected chi connectivity index (χ2v) is 8.04. The number of hydrogen-bond donors (Lipinski definition) is 0. The molecule has 2 heterocycles. The fourth-order valence-corrected chi connectivity index (χ4v) is 3.71. The number of nitrogens with zero attached hydrogens (tertiary/aromatic N) is 3. The van der Waals surface area contributed by atoms with Gasteiger partial charge >= 0.3 is 6.03 Å². The van der Waals surface area contributed by atoms with Crippen LogP contribution in [0.4, 0.5) is 4.79 Å². The topological polar surface area (TPSA) is 53.1 Å². The van der Waals surface area contributed by atoms with Gasteiger partial charge in [0, 0.05) is 46.2 Å². The summed E-state index contributed by atoms with van der Waals surface area (Å²) < 4.78 is 5.85. The molecule has 25 heavy (non-hydrogen) atoms. The molecule has 0 saturated carbocycles. The third-order valence-electron chi connectivity index (χ3n) is 5.26. The Balaban J connectivity index is 1.77. The van der Waals surface area contributed by atoms with Crippen molar-refractivity contribution in [1.29, 1.82) is 0 Å². The zero-order valence-corrected chi connectivity index (χ0v) is 16.4. The van der Waals surface area contributed by atoms with Crippen LogP contribution in [0.1, 0.15) is 46.0 Å². The molecule has 0 spiro atoms. The number of hydrogen-bond acceptors (Lipinski definition) is 3. The van der Waals surface area contributed by atoms with Crippen LogP contribution in [0, 0.1) is 11.8 Å². The van der Waals surface area contributed by atoms with Crippen LogP contribution in [0.5, 0.6) is 0 Å². The zero-order valence-electron chi connectivity index (χ0n) is 16.4. The van der Waals surface area contributed by atoms with Gasteiger partial charge in [0.05, 0.1) is 12.7 Å². The van der Waals surface area contributed by atoms with E-state index in [9.17, 15) is 9.59 Å². The van der Waals surface area contributed by atoms with Crippen molar-refractivity contribution in [2.75, 3.05) is 46.9 Å². The first-order valence-corrected chi connectivity index (χ1v) is 9.75. The predicted molar refractivity (Wildman–Crippen MR) is 98.4 cm³/mol. The van der Waals surface area contributed by atoms with Gasteiger partial charge in [-0.1, -0.05) is 26.7 Å². The van der Waals surface area contributed by atoms with Crippen molar-refractivity contribution in [2.24, 2.45) is 11.8 Å². The average Bonchev–Trinajstić information content (AvgIpc) is 2.60. The van der Waals surface area contributed by atoms with Crippen LogP contribution in [-0.2, 0) is 9.53 Å². The first kappa shape index (κ1) is 20.0. The Hall–Kier alpha value is -1.30. The lowest BCUT2D eigenvalue weighted by molar-refractivity contribution is -0.144. The van der Waals surface area contributed by atoms with E-state index >= 15 is 0 Å². The van der Waals surface area contributed by atoms with E-state index in [1.807, 2.05) is 9.80 Å². The Morgan fingerprint density at radius 2 is 1.80 bits per heavy atom. The minimum Gasteiger partial charge on any atom is -0.375 e. The van der Waals surface area contributed by atoms with Crippen LogP contribution in [0.15, 0.2) is 0 Å². The van der Waals surface area contributed by atoms with Crippen LogP contribution >= 0.6 is 0 Å². The summed E-state index contributed by atoms with van der Waals surface area (Å²) in [6.45, 7) is 7.92. The van der Waals surface area contributed by atoms with E-state index < -0.39 is 0 Å². The van der Waals surface area contributed by atoms with E-state index in [1.54, 1.807) is 19.0 Å². The van der Waals surface area contributed by atoms with Gasteiger partial charge in [-0.15, -0.1) is 0 Å². The Bertz CT molecular complexity index is 445. The summed E-state index contributed by atoms with van der Waals surface area (Å²) >= 11 is 0. The minimum absolute atomic E-state index is 0.0440. The predicted octanol–water partition coefficient (Wildman–Crippen LogP) is 2.43. The van der Waals surface area contributed by atoms with Crippen LogP contribution in [0.2, 0.25) is 0 Å². The molecule has 0 aromatic rings. The smallest absolute Gasteiger partial charge is 0.319 e. The Kier molecular flexibility index (Phi) is 7.54. The average molecular weight is 354 g/mol. The molecule has 1 unspecified atom stereocenters. The van der Waals surface area contributed by atoms with Crippen molar-refractivity contribution in [3.05, 3.63) is 0 Å². The zero-order chi connectivity index (χ0) is 18.4. The summed E-state index contributed by atoms with van der Waals surface area (Å²) in [5.41, 5.74) is 0. The molecular weight excluding hydrogens is 318 g/mol. The number of piperidine rings is 1. The molecule has 2 aliphatic heterocycles. The van der Waals surface area contributed by atoms with Gasteiger partial charge in [0.1, 0.15) is 0 Å². The molecule has 0 aromatic carbocycles. The first-order valence-electron chi connectivity index (χ1n) is 9.75. The molecule has 6 heteroatoms. The van der Waals surface area contributed by atoms with E-state index in [0.29, 0.717) is 26.2 Å². The van der Waals surface area contributed by atoms with Gasteiger partial charge in [-0.3, -0.25) is 4.79 Å². The molecule has 0 radical (unpaired) electrons. The fourth-order valence-electron chi connectivity index (χ4n) is 3.71. The Labute approximate surface area is 152 Å². The SMILES string of the molecule is CC(C)CCCC1CN(C(=O)C2CCN(C(=O)N(C)C)CC2)CCO1. The maximum Gasteiger partial charge on any atom is 0.319 e. The summed E-state index contributed by atoms with van der Waals surface area (Å²) in [7, 11) is 3.54. The van der Waals surface area contributed by atoms with E-state index in [4.69, 9.17) is 4.74 Å². The van der Waals surface area contributed by atoms with Gasteiger partial charge < -0.3 is 19.4 Å². The maximum atomic E-state index is 12.8. The molecule has 144 valence electrons. The highest BCUT2D eigenvalue weighted by Crippen LogP contribution is 2.22. The van der Waals surface area contributed by atoms with E-state index in [2.05, 4.69) is 13.8 Å². The lowest BCUT2D eigenvalue weighted by atomic mass is 9.94. The number of carbonyl (C=O) groups is 2. The van der Waals surface area contributed by atoms with E-state index in [-0.39, 0.29) is 24.0 Å². The normalized spacial score (nSPS) is 22.4. The Morgan fingerprint density at radius 3 is 2.40 bits per heavy atom. The largest absolute Gasteiger partial charge is 0.375 e. The van der Waals surface area contributed by atoms with Crippen molar-refractivity contribution >= 4 is 11.9 Å². The van der Waals surface area contributed by atoms with Gasteiger partial charge in [0.2, 0.25) is 5.91 Å². The standard InChI is InChI=1S/C19H35N3O3/c1-15(2)6-5-7-17-14-22(12-13-25-17)18(23)16-8-10-21(11-9-16)19(24)20(3)4/h15-17H,5-14H2,1-4H3. The highest BCUT2D eigenvalue weighted by Gasteiger charge is 2.32. The maximum absolute atomic E-state index is 12.8. The van der Waals surface area contributed by atoms with Crippen molar-refractivity contribution in [3.8, 4) is 0 Å². The summed E-state index contributed by atoms with van der Waals surface area (Å²) in [6, 6.07) is 0.0440. The number of amides is 3. The second kappa shape index (κ2) is 9.41. The summed E-state index contributed by atoms with van der Waals surface area (Å²) in [5.74, 6) is 1.03. The molecule has 0 bridgehead atoms. The lowest BCUT2D eigenvalue weighted by Gasteiger charge is -2.38. The summed E-state index contributed by atoms with van der Waals surface area (Å²) in [4.78, 5) is 30.3. The van der Waals surface area contributed by atoms with Crippen LogP contribution in [0.3, 0.4) is 0 Å². The van der Waals surface area contributed by atoms with Crippen molar-refractivity contribution < 1.29 is 14.3 Å². The third kappa shape index (κ3) is 5.87. The molecule has 0 aliphatic carbocycles. The van der Waals surface area contributed by atoms with E-state index in [1.165, 1.54) is 6.42 Å². The minimum atomic E-state index is 0.0440. The molecule has 2 fully saturated rings. The number of likely N-dealkylation sites (tertiary alicyclic amines) is 1. The molecular formula is C19H35N3O3. The molecule has 6 nitrogen and oxygen atoms in total. The van der Waals surface area contributed by atoms with Gasteiger partial charge in [-0.05, 0) is 25.2 Å². The summed E-state index contributed by atoms with van der Waals surface area (Å²) in [5, 5.41) is 0. The van der Waals surface area contributed by atoms with Crippen LogP contribution < -0.4 is 0 Å². The fraction of sp³-hybridized carbons (Fsp3) is 0.895. The number of carbonyl (C=O) groups excluding carboxylic acids is 2. The number of morpholine rings is 1. The molecule has 1 atom stereocenters. The number of urea groups is 1. The summed E-state index contributed by atoms with van der Waals surface area (Å²) in [6.07, 6.45) is 5.15. The molecule has 3 amide bonds. The van der Waals surface area contributed by atoms with E-state index in [0.717, 1.165) is 38.1 Å². The molecule has 0 N–H and O–H groups in total. The van der Waals surface area contributed by atoms with Gasteiger partial charge in [0.15, 0.2) is 0 Å². The highest BCUT2D eigenvalue weighted by atomic mass is 16.5. The lowest BCUT2D eigenvalue weighted by Crippen LogP contribution is -2.51. The third-order valence-corrected chi connectivity index (χ3v) is 5.26. The molecule has 2 saturated heterocycles. The van der Waals surface area contributed by atoms with Crippen molar-refractivity contribution in [3.63, 3.8) is 0 Å². The van der Waals surface area contributed by atoms with Crippen LogP contribution in [0.25, 0.3) is 0 Å². The second-order valence-electron chi connectivity index (χ2n) is 8.04. The number of ether oxygens (including phenoxy) is 1. The monoisotopic (exact) mass is 353 g/mol. The number of rotatable bonds is 5. The Morgan fingerprint density at radius 1 is 1.12 bits per heavy atom. The van der Waals surface area contributed by atoms with Gasteiger partial charge in [-0.25, -0.2) is 4.79 Å². The van der Waals surface area contributed by atoms with Crippen molar-refractivity contribution in [2.45, 2.75) is 52.1 Å². The van der Waals surface area contributed by atoms with Crippen LogP contribution in [-0.4, -0.2) is 79.6 Å². The molecule has 0 aromatic heterocycles. The highest BCUT2D eigenvalue weighted by molar-refractivity contribution is 5.80. The van der Waals surface area contributed by atoms with Crippen molar-refractivity contribution in [1.82, 2.24) is 14.7 Å². The molecule has 2 rings (SSSR count). The quantitative estimate of drug-likeness (QED) is 0.763. The first-order chi connectivity index (χ1) is 11.9. The van der Waals surface area contributed by atoms with Gasteiger partial charge in [0.25, 0.3) is 0 Å².